The van der Waals surface area contributed by atoms with Gasteiger partial charge in [-0.2, -0.15) is 0 Å². The molecular formula is C28H35N3O2. The van der Waals surface area contributed by atoms with Crippen molar-refractivity contribution in [1.29, 1.82) is 0 Å². The summed E-state index contributed by atoms with van der Waals surface area (Å²) in [7, 11) is 0. The first kappa shape index (κ1) is 22.1. The fraction of sp³-hybridized carbons (Fsp3) is 0.500. The zero-order chi connectivity index (χ0) is 23.5. The maximum absolute atomic E-state index is 13.5. The molecule has 2 aromatic rings. The summed E-state index contributed by atoms with van der Waals surface area (Å²) in [6.07, 6.45) is 3.34. The normalized spacial score (nSPS) is 26.1. The van der Waals surface area contributed by atoms with Gasteiger partial charge in [0.2, 0.25) is 11.6 Å². The zero-order valence-electron chi connectivity index (χ0n) is 20.8. The molecule has 0 saturated carbocycles. The Kier molecular flexibility index (Phi) is 5.36. The molecule has 3 aliphatic heterocycles. The van der Waals surface area contributed by atoms with Crippen LogP contribution in [-0.2, 0) is 9.53 Å². The van der Waals surface area contributed by atoms with Gasteiger partial charge in [-0.25, -0.2) is 4.99 Å². The first-order valence-electron chi connectivity index (χ1n) is 12.2. The second-order valence-electron chi connectivity index (χ2n) is 10.2. The molecule has 174 valence electrons. The standard InChI is InChI=1S/C28H35N3O2/c1-17-12-19(3)25(20(4)13-17)29-27-28(33-16-23-8-7-11-30(23)27)10-9-24(32)31(28)26-21(5)14-18(2)15-22(26)6/h12-15,23H,7-11,16H2,1-6H3/t23-,28?/m0/s1. The van der Waals surface area contributed by atoms with Gasteiger partial charge in [0.05, 0.1) is 24.0 Å². The van der Waals surface area contributed by atoms with Crippen molar-refractivity contribution in [2.45, 2.75) is 79.0 Å². The van der Waals surface area contributed by atoms with Gasteiger partial charge in [-0.1, -0.05) is 35.4 Å². The van der Waals surface area contributed by atoms with Crippen molar-refractivity contribution in [2.75, 3.05) is 18.1 Å². The molecule has 0 radical (unpaired) electrons. The van der Waals surface area contributed by atoms with E-state index in [1.54, 1.807) is 0 Å². The quantitative estimate of drug-likeness (QED) is 0.606. The van der Waals surface area contributed by atoms with Gasteiger partial charge < -0.3 is 9.64 Å². The number of anilines is 1. The van der Waals surface area contributed by atoms with E-state index in [0.29, 0.717) is 25.5 Å². The highest BCUT2D eigenvalue weighted by Crippen LogP contribution is 2.45. The van der Waals surface area contributed by atoms with Crippen LogP contribution in [-0.4, -0.2) is 41.6 Å². The molecule has 5 nitrogen and oxygen atoms in total. The lowest BCUT2D eigenvalue weighted by atomic mass is 9.99. The van der Waals surface area contributed by atoms with Crippen molar-refractivity contribution in [1.82, 2.24) is 4.90 Å². The SMILES string of the molecule is Cc1cc(C)c(N=C2N3CCC[C@H]3COC23CCC(=O)N3c2c(C)cc(C)cc2C)c(C)c1. The average Bonchev–Trinajstić information content (AvgIpc) is 3.32. The van der Waals surface area contributed by atoms with Crippen LogP contribution in [0.5, 0.6) is 0 Å². The van der Waals surface area contributed by atoms with Gasteiger partial charge >= 0.3 is 0 Å². The number of nitrogens with zero attached hydrogens (tertiary/aromatic N) is 3. The minimum absolute atomic E-state index is 0.118. The summed E-state index contributed by atoms with van der Waals surface area (Å²) in [6, 6.07) is 9.03. The number of rotatable bonds is 2. The Bertz CT molecular complexity index is 1120. The fourth-order valence-corrected chi connectivity index (χ4v) is 6.30. The summed E-state index contributed by atoms with van der Waals surface area (Å²) in [5.74, 6) is 1.03. The van der Waals surface area contributed by atoms with Gasteiger partial charge in [0, 0.05) is 19.4 Å². The molecule has 1 unspecified atom stereocenters. The third kappa shape index (κ3) is 3.48. The van der Waals surface area contributed by atoms with E-state index >= 15 is 0 Å². The molecule has 3 aliphatic rings. The largest absolute Gasteiger partial charge is 0.351 e. The van der Waals surface area contributed by atoms with E-state index in [-0.39, 0.29) is 5.91 Å². The third-order valence-corrected chi connectivity index (χ3v) is 7.51. The fourth-order valence-electron chi connectivity index (χ4n) is 6.30. The molecule has 5 heteroatoms. The molecule has 0 bridgehead atoms. The van der Waals surface area contributed by atoms with Crippen LogP contribution in [0.4, 0.5) is 11.4 Å². The molecule has 1 spiro atoms. The lowest BCUT2D eigenvalue weighted by Gasteiger charge is -2.48. The lowest BCUT2D eigenvalue weighted by molar-refractivity contribution is -0.119. The number of ether oxygens (including phenoxy) is 1. The molecular weight excluding hydrogens is 410 g/mol. The number of aliphatic imine (C=N–C) groups is 1. The number of hydrogen-bond acceptors (Lipinski definition) is 3. The number of fused-ring (bicyclic) bond motifs is 1. The lowest BCUT2D eigenvalue weighted by Crippen LogP contribution is -2.65. The molecule has 0 aromatic heterocycles. The van der Waals surface area contributed by atoms with Gasteiger partial charge in [-0.15, -0.1) is 0 Å². The molecule has 3 fully saturated rings. The molecule has 3 heterocycles. The Balaban J connectivity index is 1.73. The van der Waals surface area contributed by atoms with Crippen LogP contribution in [0.3, 0.4) is 0 Å². The predicted octanol–water partition coefficient (Wildman–Crippen LogP) is 5.59. The second kappa shape index (κ2) is 7.98. The summed E-state index contributed by atoms with van der Waals surface area (Å²) >= 11 is 0. The van der Waals surface area contributed by atoms with Crippen LogP contribution in [0.15, 0.2) is 29.3 Å². The first-order chi connectivity index (χ1) is 15.7. The van der Waals surface area contributed by atoms with E-state index in [1.807, 2.05) is 4.90 Å². The highest BCUT2D eigenvalue weighted by molar-refractivity contribution is 6.09. The number of amidine groups is 1. The summed E-state index contributed by atoms with van der Waals surface area (Å²) in [4.78, 5) is 23.2. The summed E-state index contributed by atoms with van der Waals surface area (Å²) in [6.45, 7) is 14.3. The van der Waals surface area contributed by atoms with Crippen molar-refractivity contribution < 1.29 is 9.53 Å². The Hall–Kier alpha value is -2.66. The number of hydrogen-bond donors (Lipinski definition) is 0. The summed E-state index contributed by atoms with van der Waals surface area (Å²) in [5, 5.41) is 0. The van der Waals surface area contributed by atoms with E-state index in [1.165, 1.54) is 11.1 Å². The molecule has 5 rings (SSSR count). The maximum atomic E-state index is 13.5. The molecule has 0 N–H and O–H groups in total. The van der Waals surface area contributed by atoms with Crippen LogP contribution in [0.25, 0.3) is 0 Å². The van der Waals surface area contributed by atoms with Crippen molar-refractivity contribution >= 4 is 23.1 Å². The van der Waals surface area contributed by atoms with Crippen LogP contribution in [0, 0.1) is 41.5 Å². The van der Waals surface area contributed by atoms with Crippen LogP contribution >= 0.6 is 0 Å². The van der Waals surface area contributed by atoms with E-state index in [9.17, 15) is 4.79 Å². The number of amides is 1. The van der Waals surface area contributed by atoms with Gasteiger partial charge in [0.1, 0.15) is 0 Å². The average molecular weight is 446 g/mol. The minimum Gasteiger partial charge on any atom is -0.351 e. The number of aryl methyl sites for hydroxylation is 6. The van der Waals surface area contributed by atoms with Gasteiger partial charge in [-0.05, 0) is 76.6 Å². The molecule has 33 heavy (non-hydrogen) atoms. The zero-order valence-corrected chi connectivity index (χ0v) is 20.8. The highest BCUT2D eigenvalue weighted by atomic mass is 16.5. The van der Waals surface area contributed by atoms with Crippen molar-refractivity contribution in [3.8, 4) is 0 Å². The van der Waals surface area contributed by atoms with Crippen molar-refractivity contribution in [3.05, 3.63) is 57.6 Å². The van der Waals surface area contributed by atoms with E-state index in [0.717, 1.165) is 58.9 Å². The van der Waals surface area contributed by atoms with Crippen LogP contribution in [0.2, 0.25) is 0 Å². The topological polar surface area (TPSA) is 45.1 Å². The number of morpholine rings is 1. The van der Waals surface area contributed by atoms with Gasteiger partial charge in [-0.3, -0.25) is 9.69 Å². The van der Waals surface area contributed by atoms with Crippen molar-refractivity contribution in [2.24, 2.45) is 4.99 Å². The molecule has 0 aliphatic carbocycles. The summed E-state index contributed by atoms with van der Waals surface area (Å²) < 4.78 is 6.74. The minimum atomic E-state index is -0.855. The number of carbonyl (C=O) groups excluding carboxylic acids is 1. The van der Waals surface area contributed by atoms with Crippen LogP contribution in [0.1, 0.15) is 59.1 Å². The molecule has 3 saturated heterocycles. The molecule has 1 amide bonds. The maximum Gasteiger partial charge on any atom is 0.229 e. The predicted molar refractivity (Wildman–Crippen MR) is 134 cm³/mol. The van der Waals surface area contributed by atoms with E-state index in [4.69, 9.17) is 9.73 Å². The monoisotopic (exact) mass is 445 g/mol. The summed E-state index contributed by atoms with van der Waals surface area (Å²) in [5.41, 5.74) is 8.11. The Morgan fingerprint density at radius 3 is 2.18 bits per heavy atom. The Labute approximate surface area is 197 Å². The number of benzene rings is 2. The van der Waals surface area contributed by atoms with Crippen LogP contribution < -0.4 is 4.90 Å². The Morgan fingerprint density at radius 2 is 1.55 bits per heavy atom. The third-order valence-electron chi connectivity index (χ3n) is 7.51. The molecule has 2 atom stereocenters. The first-order valence-corrected chi connectivity index (χ1v) is 12.2. The second-order valence-corrected chi connectivity index (χ2v) is 10.2. The van der Waals surface area contributed by atoms with Crippen molar-refractivity contribution in [3.63, 3.8) is 0 Å². The smallest absolute Gasteiger partial charge is 0.229 e. The highest BCUT2D eigenvalue weighted by Gasteiger charge is 2.57. The Morgan fingerprint density at radius 1 is 0.939 bits per heavy atom. The van der Waals surface area contributed by atoms with Gasteiger partial charge in [0.25, 0.3) is 0 Å². The van der Waals surface area contributed by atoms with E-state index < -0.39 is 5.72 Å². The van der Waals surface area contributed by atoms with Gasteiger partial charge in [0.15, 0.2) is 5.84 Å². The number of carbonyl (C=O) groups is 1. The van der Waals surface area contributed by atoms with E-state index in [2.05, 4.69) is 70.7 Å². The molecule has 2 aromatic carbocycles.